The molecule has 1 unspecified atom stereocenters. The second-order valence-corrected chi connectivity index (χ2v) is 8.33. The van der Waals surface area contributed by atoms with Gasteiger partial charge in [0.05, 0.1) is 22.4 Å². The number of thioether (sulfide) groups is 1. The highest BCUT2D eigenvalue weighted by Crippen LogP contribution is 2.31. The molecular formula is C21H20ClF3N2O2S. The molecule has 2 aromatic rings. The Labute approximate surface area is 181 Å². The Morgan fingerprint density at radius 1 is 1.20 bits per heavy atom. The van der Waals surface area contributed by atoms with Crippen molar-refractivity contribution in [3.8, 4) is 0 Å². The molecule has 1 saturated heterocycles. The van der Waals surface area contributed by atoms with E-state index < -0.39 is 17.8 Å². The molecule has 9 heteroatoms. The second kappa shape index (κ2) is 9.75. The minimum Gasteiger partial charge on any atom is -0.347 e. The number of amides is 2. The smallest absolute Gasteiger partial charge is 0.347 e. The number of hydrogen-bond donors (Lipinski definition) is 1. The van der Waals surface area contributed by atoms with Crippen molar-refractivity contribution in [2.75, 3.05) is 18.8 Å². The van der Waals surface area contributed by atoms with E-state index in [1.54, 1.807) is 29.2 Å². The summed E-state index contributed by atoms with van der Waals surface area (Å²) >= 11 is 7.33. The summed E-state index contributed by atoms with van der Waals surface area (Å²) in [7, 11) is 0. The molecule has 3 rings (SSSR count). The summed E-state index contributed by atoms with van der Waals surface area (Å²) < 4.78 is 39.4. The highest BCUT2D eigenvalue weighted by atomic mass is 35.5. The number of nitrogens with one attached hydrogen (secondary N) is 1. The van der Waals surface area contributed by atoms with Crippen LogP contribution in [0.5, 0.6) is 0 Å². The number of rotatable bonds is 7. The van der Waals surface area contributed by atoms with Gasteiger partial charge in [-0.1, -0.05) is 35.9 Å². The molecule has 1 aliphatic rings. The first-order chi connectivity index (χ1) is 14.2. The van der Waals surface area contributed by atoms with E-state index >= 15 is 0 Å². The number of carbonyl (C=O) groups excluding carboxylic acids is 2. The number of nitrogens with zero attached hydrogens (tertiary/aromatic N) is 1. The molecule has 1 atom stereocenters. The molecule has 0 saturated carbocycles. The van der Waals surface area contributed by atoms with Gasteiger partial charge in [-0.2, -0.15) is 13.2 Å². The molecule has 1 fully saturated rings. The van der Waals surface area contributed by atoms with Crippen LogP contribution in [0.1, 0.15) is 30.0 Å². The van der Waals surface area contributed by atoms with E-state index in [9.17, 15) is 22.8 Å². The van der Waals surface area contributed by atoms with E-state index in [1.165, 1.54) is 23.9 Å². The van der Waals surface area contributed by atoms with Crippen molar-refractivity contribution in [3.05, 3.63) is 64.7 Å². The molecule has 160 valence electrons. The standard InChI is InChI=1S/C21H20ClF3N2O2S/c22-16-7-1-2-8-18(16)30-13-19(28)26-17(12-27-10-4-9-20(27)29)14-5-3-6-15(11-14)21(23,24)25/h1-3,5-8,11,17H,4,9-10,12-13H2,(H,26,28). The first-order valence-corrected chi connectivity index (χ1v) is 10.7. The second-order valence-electron chi connectivity index (χ2n) is 6.91. The Balaban J connectivity index is 1.75. The molecular weight excluding hydrogens is 437 g/mol. The molecule has 0 bridgehead atoms. The van der Waals surface area contributed by atoms with E-state index in [0.29, 0.717) is 30.0 Å². The fourth-order valence-corrected chi connectivity index (χ4v) is 4.27. The predicted molar refractivity (Wildman–Crippen MR) is 110 cm³/mol. The summed E-state index contributed by atoms with van der Waals surface area (Å²) in [5.41, 5.74) is -0.488. The van der Waals surface area contributed by atoms with Crippen LogP contribution in [0.3, 0.4) is 0 Å². The van der Waals surface area contributed by atoms with Gasteiger partial charge in [-0.3, -0.25) is 9.59 Å². The first kappa shape index (κ1) is 22.5. The van der Waals surface area contributed by atoms with Gasteiger partial charge < -0.3 is 10.2 Å². The van der Waals surface area contributed by atoms with E-state index in [4.69, 9.17) is 11.6 Å². The molecule has 2 amide bonds. The van der Waals surface area contributed by atoms with E-state index in [2.05, 4.69) is 5.32 Å². The number of benzene rings is 2. The SMILES string of the molecule is O=C(CSc1ccccc1Cl)NC(CN1CCCC1=O)c1cccc(C(F)(F)F)c1. The van der Waals surface area contributed by atoms with Gasteiger partial charge in [0, 0.05) is 24.4 Å². The van der Waals surface area contributed by atoms with Gasteiger partial charge >= 0.3 is 6.18 Å². The van der Waals surface area contributed by atoms with Gasteiger partial charge in [-0.05, 0) is 36.2 Å². The summed E-state index contributed by atoms with van der Waals surface area (Å²) in [6.45, 7) is 0.654. The van der Waals surface area contributed by atoms with Gasteiger partial charge in [0.2, 0.25) is 11.8 Å². The summed E-state index contributed by atoms with van der Waals surface area (Å²) in [5, 5.41) is 3.31. The van der Waals surface area contributed by atoms with Crippen molar-refractivity contribution in [1.82, 2.24) is 10.2 Å². The van der Waals surface area contributed by atoms with Crippen LogP contribution in [0, 0.1) is 0 Å². The lowest BCUT2D eigenvalue weighted by molar-refractivity contribution is -0.137. The maximum atomic E-state index is 13.1. The van der Waals surface area contributed by atoms with Crippen LogP contribution < -0.4 is 5.32 Å². The van der Waals surface area contributed by atoms with E-state index in [-0.39, 0.29) is 24.1 Å². The lowest BCUT2D eigenvalue weighted by Gasteiger charge is -2.26. The molecule has 0 spiro atoms. The molecule has 4 nitrogen and oxygen atoms in total. The minimum absolute atomic E-state index is 0.0488. The third kappa shape index (κ3) is 5.92. The number of carbonyl (C=O) groups is 2. The largest absolute Gasteiger partial charge is 0.416 e. The van der Waals surface area contributed by atoms with Crippen molar-refractivity contribution < 1.29 is 22.8 Å². The maximum absolute atomic E-state index is 13.1. The van der Waals surface area contributed by atoms with E-state index in [1.807, 2.05) is 0 Å². The Morgan fingerprint density at radius 3 is 2.63 bits per heavy atom. The van der Waals surface area contributed by atoms with Gasteiger partial charge in [-0.15, -0.1) is 11.8 Å². The molecule has 30 heavy (non-hydrogen) atoms. The average molecular weight is 457 g/mol. The van der Waals surface area contributed by atoms with Crippen molar-refractivity contribution in [3.63, 3.8) is 0 Å². The van der Waals surface area contributed by atoms with Gasteiger partial charge in [0.15, 0.2) is 0 Å². The lowest BCUT2D eigenvalue weighted by atomic mass is 10.0. The monoisotopic (exact) mass is 456 g/mol. The van der Waals surface area contributed by atoms with Crippen molar-refractivity contribution in [2.45, 2.75) is 30.0 Å². The third-order valence-corrected chi connectivity index (χ3v) is 6.24. The summed E-state index contributed by atoms with van der Waals surface area (Å²) in [6, 6.07) is 11.2. The molecule has 2 aromatic carbocycles. The number of likely N-dealkylation sites (tertiary alicyclic amines) is 1. The topological polar surface area (TPSA) is 49.4 Å². The average Bonchev–Trinajstić information content (AvgIpc) is 3.11. The quantitative estimate of drug-likeness (QED) is 0.601. The predicted octanol–water partition coefficient (Wildman–Crippen LogP) is 4.93. The van der Waals surface area contributed by atoms with Crippen molar-refractivity contribution >= 4 is 35.2 Å². The van der Waals surface area contributed by atoms with Crippen LogP contribution >= 0.6 is 23.4 Å². The highest BCUT2D eigenvalue weighted by Gasteiger charge is 2.32. The van der Waals surface area contributed by atoms with Crippen LogP contribution in [0.15, 0.2) is 53.4 Å². The Hall–Kier alpha value is -2.19. The van der Waals surface area contributed by atoms with Gasteiger partial charge in [0.1, 0.15) is 0 Å². The zero-order valence-corrected chi connectivity index (χ0v) is 17.5. The third-order valence-electron chi connectivity index (χ3n) is 4.72. The Kier molecular flexibility index (Phi) is 7.31. The van der Waals surface area contributed by atoms with Crippen LogP contribution in [-0.2, 0) is 15.8 Å². The van der Waals surface area contributed by atoms with Crippen LogP contribution in [0.25, 0.3) is 0 Å². The molecule has 0 radical (unpaired) electrons. The molecule has 1 heterocycles. The molecule has 0 aliphatic carbocycles. The summed E-state index contributed by atoms with van der Waals surface area (Å²) in [6.07, 6.45) is -3.38. The fraction of sp³-hybridized carbons (Fsp3) is 0.333. The van der Waals surface area contributed by atoms with Crippen LogP contribution in [-0.4, -0.2) is 35.6 Å². The van der Waals surface area contributed by atoms with Crippen LogP contribution in [0.4, 0.5) is 13.2 Å². The molecule has 1 N–H and O–H groups in total. The van der Waals surface area contributed by atoms with E-state index in [0.717, 1.165) is 17.0 Å². The summed E-state index contributed by atoms with van der Waals surface area (Å²) in [5.74, 6) is -0.367. The molecule has 0 aromatic heterocycles. The highest BCUT2D eigenvalue weighted by molar-refractivity contribution is 8.00. The first-order valence-electron chi connectivity index (χ1n) is 9.35. The Morgan fingerprint density at radius 2 is 1.97 bits per heavy atom. The number of hydrogen-bond acceptors (Lipinski definition) is 3. The zero-order chi connectivity index (χ0) is 21.7. The van der Waals surface area contributed by atoms with Gasteiger partial charge in [-0.25, -0.2) is 0 Å². The Bertz CT molecular complexity index is 923. The van der Waals surface area contributed by atoms with Crippen LogP contribution in [0.2, 0.25) is 5.02 Å². The zero-order valence-electron chi connectivity index (χ0n) is 15.9. The lowest BCUT2D eigenvalue weighted by Crippen LogP contribution is -2.39. The summed E-state index contributed by atoms with van der Waals surface area (Å²) in [4.78, 5) is 26.9. The van der Waals surface area contributed by atoms with Gasteiger partial charge in [0.25, 0.3) is 0 Å². The van der Waals surface area contributed by atoms with Crippen molar-refractivity contribution in [1.29, 1.82) is 0 Å². The molecule has 1 aliphatic heterocycles. The minimum atomic E-state index is -4.49. The maximum Gasteiger partial charge on any atom is 0.416 e. The fourth-order valence-electron chi connectivity index (χ4n) is 3.22. The normalized spacial score (nSPS) is 15.3. The number of alkyl halides is 3. The van der Waals surface area contributed by atoms with Crippen molar-refractivity contribution in [2.24, 2.45) is 0 Å². The number of halogens is 4.